The van der Waals surface area contributed by atoms with Crippen LogP contribution >= 0.6 is 0 Å². The summed E-state index contributed by atoms with van der Waals surface area (Å²) in [6.45, 7) is 4.09. The minimum atomic E-state index is -3.41. The molecule has 0 radical (unpaired) electrons. The summed E-state index contributed by atoms with van der Waals surface area (Å²) in [5.41, 5.74) is 3.28. The molecule has 0 saturated heterocycles. The molecule has 2 aromatic rings. The van der Waals surface area contributed by atoms with E-state index in [9.17, 15) is 13.2 Å². The van der Waals surface area contributed by atoms with E-state index in [-0.39, 0.29) is 17.7 Å². The molecule has 2 aromatic carbocycles. The first-order chi connectivity index (χ1) is 13.1. The number of sulfonamides is 1. The van der Waals surface area contributed by atoms with Gasteiger partial charge in [-0.2, -0.15) is 0 Å². The van der Waals surface area contributed by atoms with Crippen LogP contribution in [0.1, 0.15) is 41.8 Å². The van der Waals surface area contributed by atoms with Crippen LogP contribution < -0.4 is 9.46 Å². The molecule has 1 heterocycles. The summed E-state index contributed by atoms with van der Waals surface area (Å²) in [5, 5.41) is 0. The highest BCUT2D eigenvalue weighted by molar-refractivity contribution is 7.92. The van der Waals surface area contributed by atoms with Crippen molar-refractivity contribution in [2.45, 2.75) is 32.2 Å². The van der Waals surface area contributed by atoms with E-state index in [0.717, 1.165) is 35.3 Å². The Balaban J connectivity index is 1.91. The molecule has 0 bridgehead atoms. The highest BCUT2D eigenvalue weighted by atomic mass is 32.2. The molecule has 0 amide bonds. The normalized spacial score (nSPS) is 15.4. The molecule has 148 valence electrons. The molecule has 0 unspecified atom stereocenters. The average Bonchev–Trinajstić information content (AvgIpc) is 2.59. The Morgan fingerprint density at radius 2 is 1.96 bits per heavy atom. The van der Waals surface area contributed by atoms with Crippen LogP contribution in [0.4, 0.5) is 5.69 Å². The predicted octanol–water partition coefficient (Wildman–Crippen LogP) is 3.46. The van der Waals surface area contributed by atoms with Gasteiger partial charge in [-0.15, -0.1) is 0 Å². The third-order valence-corrected chi connectivity index (χ3v) is 5.11. The summed E-state index contributed by atoms with van der Waals surface area (Å²) < 4.78 is 30.6. The number of hydrogen-bond donors (Lipinski definition) is 1. The van der Waals surface area contributed by atoms with Crippen molar-refractivity contribution >= 4 is 27.2 Å². The number of benzene rings is 2. The van der Waals surface area contributed by atoms with Gasteiger partial charge in [0.25, 0.3) is 0 Å². The number of anilines is 1. The molecular weight excluding hydrogens is 376 g/mol. The standard InChI is InChI=1S/C21H24N2O4S/c1-21(2)13-15-8-9-17(27-3)11-18(15)19(22-21)12-20(24)14-6-5-7-16(10-14)23-28(4,25)26/h5-11,23H,12-13H2,1-4H3. The van der Waals surface area contributed by atoms with Gasteiger partial charge in [-0.1, -0.05) is 18.2 Å². The van der Waals surface area contributed by atoms with Crippen molar-refractivity contribution in [3.8, 4) is 5.75 Å². The summed E-state index contributed by atoms with van der Waals surface area (Å²) in [6.07, 6.45) is 1.99. The highest BCUT2D eigenvalue weighted by Gasteiger charge is 2.28. The molecule has 3 rings (SSSR count). The fraction of sp³-hybridized carbons (Fsp3) is 0.333. The van der Waals surface area contributed by atoms with Gasteiger partial charge in [0.15, 0.2) is 5.78 Å². The minimum absolute atomic E-state index is 0.123. The Morgan fingerprint density at radius 1 is 1.21 bits per heavy atom. The number of rotatable bonds is 6. The van der Waals surface area contributed by atoms with Crippen LogP contribution in [0.25, 0.3) is 0 Å². The molecule has 1 aliphatic heterocycles. The van der Waals surface area contributed by atoms with Gasteiger partial charge in [0.05, 0.1) is 31.0 Å². The van der Waals surface area contributed by atoms with Gasteiger partial charge in [-0.05, 0) is 50.1 Å². The molecule has 7 heteroatoms. The molecule has 0 fully saturated rings. The monoisotopic (exact) mass is 400 g/mol. The van der Waals surface area contributed by atoms with Crippen molar-refractivity contribution in [2.24, 2.45) is 4.99 Å². The zero-order valence-corrected chi connectivity index (χ0v) is 17.3. The van der Waals surface area contributed by atoms with Crippen molar-refractivity contribution < 1.29 is 17.9 Å². The molecule has 0 spiro atoms. The molecule has 28 heavy (non-hydrogen) atoms. The number of aliphatic imine (C=N–C) groups is 1. The smallest absolute Gasteiger partial charge is 0.229 e. The summed E-state index contributed by atoms with van der Waals surface area (Å²) in [6, 6.07) is 12.3. The third-order valence-electron chi connectivity index (χ3n) is 4.50. The lowest BCUT2D eigenvalue weighted by Gasteiger charge is -2.29. The van der Waals surface area contributed by atoms with E-state index in [2.05, 4.69) is 4.72 Å². The van der Waals surface area contributed by atoms with Gasteiger partial charge in [-0.25, -0.2) is 8.42 Å². The zero-order valence-electron chi connectivity index (χ0n) is 16.4. The number of carbonyl (C=O) groups is 1. The van der Waals surface area contributed by atoms with Crippen molar-refractivity contribution in [1.29, 1.82) is 0 Å². The number of fused-ring (bicyclic) bond motifs is 1. The largest absolute Gasteiger partial charge is 0.497 e. The first kappa shape index (κ1) is 20.1. The van der Waals surface area contributed by atoms with E-state index in [1.165, 1.54) is 0 Å². The molecule has 1 N–H and O–H groups in total. The van der Waals surface area contributed by atoms with Crippen LogP contribution in [0, 0.1) is 0 Å². The van der Waals surface area contributed by atoms with E-state index in [4.69, 9.17) is 9.73 Å². The second kappa shape index (κ2) is 7.39. The van der Waals surface area contributed by atoms with Crippen molar-refractivity contribution in [1.82, 2.24) is 0 Å². The maximum Gasteiger partial charge on any atom is 0.229 e. The number of ketones is 1. The van der Waals surface area contributed by atoms with Crippen LogP contribution in [0.5, 0.6) is 5.75 Å². The van der Waals surface area contributed by atoms with Crippen LogP contribution in [0.15, 0.2) is 47.5 Å². The van der Waals surface area contributed by atoms with Crippen LogP contribution in [-0.4, -0.2) is 38.8 Å². The second-order valence-corrected chi connectivity index (χ2v) is 9.37. The fourth-order valence-electron chi connectivity index (χ4n) is 3.40. The summed E-state index contributed by atoms with van der Waals surface area (Å²) in [4.78, 5) is 17.7. The Morgan fingerprint density at radius 3 is 2.64 bits per heavy atom. The Bertz CT molecular complexity index is 1060. The SMILES string of the molecule is COc1ccc2c(c1)C(CC(=O)c1cccc(NS(C)(=O)=O)c1)=NC(C)(C)C2. The molecular formula is C21H24N2O4S. The van der Waals surface area contributed by atoms with E-state index in [1.807, 2.05) is 32.0 Å². The van der Waals surface area contributed by atoms with Gasteiger partial charge in [0, 0.05) is 16.8 Å². The maximum absolute atomic E-state index is 12.9. The van der Waals surface area contributed by atoms with Gasteiger partial charge in [0.2, 0.25) is 10.0 Å². The fourth-order valence-corrected chi connectivity index (χ4v) is 3.95. The summed E-state index contributed by atoms with van der Waals surface area (Å²) in [5.74, 6) is 0.598. The third kappa shape index (κ3) is 4.78. The lowest BCUT2D eigenvalue weighted by Crippen LogP contribution is -2.30. The molecule has 0 aliphatic carbocycles. The number of hydrogen-bond acceptors (Lipinski definition) is 5. The molecule has 0 saturated carbocycles. The van der Waals surface area contributed by atoms with E-state index >= 15 is 0 Å². The van der Waals surface area contributed by atoms with Gasteiger partial charge < -0.3 is 4.74 Å². The van der Waals surface area contributed by atoms with Crippen molar-refractivity contribution in [2.75, 3.05) is 18.1 Å². The topological polar surface area (TPSA) is 84.8 Å². The molecule has 1 aliphatic rings. The maximum atomic E-state index is 12.9. The van der Waals surface area contributed by atoms with Crippen molar-refractivity contribution in [3.63, 3.8) is 0 Å². The average molecular weight is 401 g/mol. The number of nitrogens with one attached hydrogen (secondary N) is 1. The van der Waals surface area contributed by atoms with E-state index < -0.39 is 10.0 Å². The summed E-state index contributed by atoms with van der Waals surface area (Å²) >= 11 is 0. The quantitative estimate of drug-likeness (QED) is 0.753. The van der Waals surface area contributed by atoms with Gasteiger partial charge in [0.1, 0.15) is 5.75 Å². The van der Waals surface area contributed by atoms with Gasteiger partial charge in [-0.3, -0.25) is 14.5 Å². The zero-order chi connectivity index (χ0) is 20.5. The highest BCUT2D eigenvalue weighted by Crippen LogP contribution is 2.31. The predicted molar refractivity (Wildman–Crippen MR) is 111 cm³/mol. The van der Waals surface area contributed by atoms with Crippen LogP contribution in [0.3, 0.4) is 0 Å². The van der Waals surface area contributed by atoms with Crippen molar-refractivity contribution in [3.05, 3.63) is 59.2 Å². The molecule has 0 atom stereocenters. The number of Topliss-reactive ketones (excluding diaryl/α,β-unsaturated/α-hetero) is 1. The number of methoxy groups -OCH3 is 1. The van der Waals surface area contributed by atoms with Gasteiger partial charge >= 0.3 is 0 Å². The van der Waals surface area contributed by atoms with E-state index in [1.54, 1.807) is 31.4 Å². The molecule has 0 aromatic heterocycles. The minimum Gasteiger partial charge on any atom is -0.497 e. The first-order valence-electron chi connectivity index (χ1n) is 8.93. The number of ether oxygens (including phenoxy) is 1. The Hall–Kier alpha value is -2.67. The first-order valence-corrected chi connectivity index (χ1v) is 10.8. The lowest BCUT2D eigenvalue weighted by molar-refractivity contribution is 0.100. The van der Waals surface area contributed by atoms with Crippen LogP contribution in [0.2, 0.25) is 0 Å². The molecule has 6 nitrogen and oxygen atoms in total. The summed E-state index contributed by atoms with van der Waals surface area (Å²) in [7, 11) is -1.80. The Labute approximate surface area is 165 Å². The number of carbonyl (C=O) groups excluding carboxylic acids is 1. The Kier molecular flexibility index (Phi) is 5.30. The number of nitrogens with zero attached hydrogens (tertiary/aromatic N) is 1. The van der Waals surface area contributed by atoms with E-state index in [0.29, 0.717) is 11.3 Å². The van der Waals surface area contributed by atoms with Crippen LogP contribution in [-0.2, 0) is 16.4 Å². The lowest BCUT2D eigenvalue weighted by atomic mass is 9.85. The second-order valence-electron chi connectivity index (χ2n) is 7.63.